The van der Waals surface area contributed by atoms with Gasteiger partial charge in [-0.25, -0.2) is 13.8 Å². The van der Waals surface area contributed by atoms with Crippen molar-refractivity contribution in [3.8, 4) is 0 Å². The summed E-state index contributed by atoms with van der Waals surface area (Å²) in [5, 5.41) is -0.0375. The van der Waals surface area contributed by atoms with Crippen LogP contribution in [0.5, 0.6) is 0 Å². The normalized spacial score (nSPS) is 29.9. The van der Waals surface area contributed by atoms with Crippen molar-refractivity contribution >= 4 is 23.3 Å². The van der Waals surface area contributed by atoms with E-state index in [9.17, 15) is 13.6 Å². The summed E-state index contributed by atoms with van der Waals surface area (Å²) in [5.41, 5.74) is 0.0925. The number of ether oxygens (including phenoxy) is 1. The molecule has 0 aliphatic heterocycles. The zero-order valence-corrected chi connectivity index (χ0v) is 17.9. The van der Waals surface area contributed by atoms with Crippen LogP contribution in [0.25, 0.3) is 11.0 Å². The number of methoxy groups -OCH3 is 1. The fourth-order valence-electron chi connectivity index (χ4n) is 6.74. The summed E-state index contributed by atoms with van der Waals surface area (Å²) in [7, 11) is 1.61. The molecule has 2 heterocycles. The second kappa shape index (κ2) is 7.48. The van der Waals surface area contributed by atoms with Crippen LogP contribution in [0.15, 0.2) is 10.9 Å². The molecule has 0 unspecified atom stereocenters. The van der Waals surface area contributed by atoms with Gasteiger partial charge in [0, 0.05) is 36.9 Å². The van der Waals surface area contributed by atoms with Crippen LogP contribution >= 0.6 is 12.2 Å². The largest absolute Gasteiger partial charge is 0.385 e. The van der Waals surface area contributed by atoms with Crippen LogP contribution in [0, 0.1) is 22.5 Å². The van der Waals surface area contributed by atoms with Crippen molar-refractivity contribution in [3.05, 3.63) is 32.4 Å². The third kappa shape index (κ3) is 3.23. The molecule has 0 atom stereocenters. The molecule has 4 aliphatic carbocycles. The molecular weight excluding hydrogens is 408 g/mol. The highest BCUT2D eigenvalue weighted by Crippen LogP contribution is 2.60. The van der Waals surface area contributed by atoms with Crippen LogP contribution in [0.2, 0.25) is 0 Å². The molecule has 0 saturated heterocycles. The summed E-state index contributed by atoms with van der Waals surface area (Å²) in [5.74, 6) is 2.02. The summed E-state index contributed by atoms with van der Waals surface area (Å²) in [6.07, 6.45) is 4.77. The predicted octanol–water partition coefficient (Wildman–Crippen LogP) is 4.90. The molecule has 4 bridgehead atoms. The van der Waals surface area contributed by atoms with Crippen molar-refractivity contribution in [1.82, 2.24) is 14.5 Å². The number of nitrogens with one attached hydrogen (secondary N) is 1. The molecule has 0 radical (unpaired) electrons. The Hall–Kier alpha value is -1.67. The van der Waals surface area contributed by atoms with Crippen molar-refractivity contribution in [2.75, 3.05) is 13.7 Å². The Kier molecular flexibility index (Phi) is 5.05. The first kappa shape index (κ1) is 20.2. The van der Waals surface area contributed by atoms with Crippen molar-refractivity contribution in [2.45, 2.75) is 63.3 Å². The molecule has 4 saturated carbocycles. The third-order valence-electron chi connectivity index (χ3n) is 7.53. The van der Waals surface area contributed by atoms with E-state index in [0.29, 0.717) is 43.0 Å². The lowest BCUT2D eigenvalue weighted by molar-refractivity contribution is -0.00722. The lowest BCUT2D eigenvalue weighted by Crippen LogP contribution is -2.49. The number of hydrogen-bond donors (Lipinski definition) is 1. The topological polar surface area (TPSA) is 59.9 Å². The van der Waals surface area contributed by atoms with Crippen molar-refractivity contribution in [3.63, 3.8) is 0 Å². The zero-order chi connectivity index (χ0) is 21.0. The minimum Gasteiger partial charge on any atom is -0.385 e. The predicted molar refractivity (Wildman–Crippen MR) is 112 cm³/mol. The van der Waals surface area contributed by atoms with Gasteiger partial charge in [0.2, 0.25) is 0 Å². The van der Waals surface area contributed by atoms with Gasteiger partial charge in [0.25, 0.3) is 12.0 Å². The number of fused-ring (bicyclic) bond motifs is 1. The molecule has 30 heavy (non-hydrogen) atoms. The van der Waals surface area contributed by atoms with E-state index in [1.165, 1.54) is 25.3 Å². The van der Waals surface area contributed by atoms with E-state index < -0.39 is 12.0 Å². The Morgan fingerprint density at radius 3 is 2.47 bits per heavy atom. The van der Waals surface area contributed by atoms with E-state index in [4.69, 9.17) is 21.9 Å². The van der Waals surface area contributed by atoms with Gasteiger partial charge >= 0.3 is 0 Å². The number of rotatable bonds is 6. The van der Waals surface area contributed by atoms with Gasteiger partial charge in [-0.3, -0.25) is 9.78 Å². The van der Waals surface area contributed by atoms with Crippen LogP contribution < -0.4 is 5.56 Å². The van der Waals surface area contributed by atoms with Crippen molar-refractivity contribution in [2.24, 2.45) is 17.8 Å². The highest BCUT2D eigenvalue weighted by molar-refractivity contribution is 7.71. The molecule has 2 aromatic rings. The molecule has 8 heteroatoms. The highest BCUT2D eigenvalue weighted by atomic mass is 32.1. The number of nitrogens with zero attached hydrogens (tertiary/aromatic N) is 2. The monoisotopic (exact) mass is 435 g/mol. The van der Waals surface area contributed by atoms with E-state index in [2.05, 4.69) is 4.98 Å². The first-order valence-corrected chi connectivity index (χ1v) is 11.3. The highest BCUT2D eigenvalue weighted by Gasteiger charge is 2.52. The Labute approximate surface area is 178 Å². The molecule has 4 aliphatic rings. The molecule has 162 valence electrons. The quantitative estimate of drug-likeness (QED) is 0.518. The van der Waals surface area contributed by atoms with E-state index in [0.717, 1.165) is 25.0 Å². The maximum Gasteiger partial charge on any atom is 0.264 e. The number of alkyl halides is 2. The molecule has 0 spiro atoms. The lowest BCUT2D eigenvalue weighted by Gasteiger charge is -2.56. The van der Waals surface area contributed by atoms with Gasteiger partial charge < -0.3 is 9.30 Å². The number of aromatic nitrogens is 3. The lowest BCUT2D eigenvalue weighted by atomic mass is 9.48. The fraction of sp³-hybridized carbons (Fsp3) is 0.682. The first-order chi connectivity index (χ1) is 14.4. The molecular formula is C22H27F2N3O2S. The number of hydrogen-bond acceptors (Lipinski definition) is 4. The maximum atomic E-state index is 14.1. The van der Waals surface area contributed by atoms with Crippen LogP contribution in [0.4, 0.5) is 8.78 Å². The van der Waals surface area contributed by atoms with E-state index in [-0.39, 0.29) is 21.1 Å². The average Bonchev–Trinajstić information content (AvgIpc) is 2.68. The van der Waals surface area contributed by atoms with Gasteiger partial charge in [-0.15, -0.1) is 0 Å². The van der Waals surface area contributed by atoms with Crippen molar-refractivity contribution in [1.29, 1.82) is 0 Å². The number of halogens is 2. The molecule has 5 nitrogen and oxygen atoms in total. The standard InChI is InChI=1S/C22H27F2N3O2S/c1-29-4-2-3-27-19-17(20(28)26-21(27)30)15(18(23)24)8-16(25-19)22-9-12-5-13(10-22)7-14(6-12)11-22/h8,12-14,18H,2-7,9-11H2,1H3,(H,26,28,30). The second-order valence-electron chi connectivity index (χ2n) is 9.55. The van der Waals surface area contributed by atoms with E-state index in [1.54, 1.807) is 11.7 Å². The van der Waals surface area contributed by atoms with Gasteiger partial charge in [0.1, 0.15) is 5.65 Å². The SMILES string of the molecule is COCCCn1c(=S)[nH]c(=O)c2c(C(F)F)cc(C34CC5CC(CC(C5)C3)C4)nc21. The summed E-state index contributed by atoms with van der Waals surface area (Å²) in [4.78, 5) is 20.1. The van der Waals surface area contributed by atoms with Gasteiger partial charge in [-0.2, -0.15) is 0 Å². The van der Waals surface area contributed by atoms with Crippen LogP contribution in [0.1, 0.15) is 62.6 Å². The molecule has 0 amide bonds. The molecule has 6 rings (SSSR count). The number of aromatic amines is 1. The Balaban J connectivity index is 1.71. The fourth-order valence-corrected chi connectivity index (χ4v) is 7.02. The minimum absolute atomic E-state index is 0.0375. The van der Waals surface area contributed by atoms with Gasteiger partial charge in [-0.1, -0.05) is 0 Å². The maximum absolute atomic E-state index is 14.1. The van der Waals surface area contributed by atoms with Crippen LogP contribution in [-0.2, 0) is 16.7 Å². The number of pyridine rings is 1. The summed E-state index contributed by atoms with van der Waals surface area (Å²) < 4.78 is 35.3. The van der Waals surface area contributed by atoms with Gasteiger partial charge in [0.05, 0.1) is 5.39 Å². The third-order valence-corrected chi connectivity index (χ3v) is 7.85. The average molecular weight is 436 g/mol. The number of aryl methyl sites for hydroxylation is 1. The molecule has 4 fully saturated rings. The molecule has 0 aromatic carbocycles. The first-order valence-electron chi connectivity index (χ1n) is 10.9. The van der Waals surface area contributed by atoms with Gasteiger partial charge in [-0.05, 0) is 81.0 Å². The zero-order valence-electron chi connectivity index (χ0n) is 17.1. The van der Waals surface area contributed by atoms with E-state index in [1.807, 2.05) is 0 Å². The van der Waals surface area contributed by atoms with Crippen LogP contribution in [-0.4, -0.2) is 28.3 Å². The smallest absolute Gasteiger partial charge is 0.264 e. The summed E-state index contributed by atoms with van der Waals surface area (Å²) in [6, 6.07) is 1.53. The summed E-state index contributed by atoms with van der Waals surface area (Å²) in [6.45, 7) is 0.971. The summed E-state index contributed by atoms with van der Waals surface area (Å²) >= 11 is 5.38. The molecule has 2 aromatic heterocycles. The second-order valence-corrected chi connectivity index (χ2v) is 9.94. The number of H-pyrrole nitrogens is 1. The van der Waals surface area contributed by atoms with Gasteiger partial charge in [0.15, 0.2) is 4.77 Å². The Morgan fingerprint density at radius 1 is 1.27 bits per heavy atom. The Morgan fingerprint density at radius 2 is 1.90 bits per heavy atom. The van der Waals surface area contributed by atoms with Crippen LogP contribution in [0.3, 0.4) is 0 Å². The van der Waals surface area contributed by atoms with E-state index >= 15 is 0 Å². The minimum atomic E-state index is -2.74. The Bertz CT molecular complexity index is 1060. The van der Waals surface area contributed by atoms with Crippen molar-refractivity contribution < 1.29 is 13.5 Å². The molecule has 1 N–H and O–H groups in total.